The minimum Gasteiger partial charge on any atom is -0.494 e. The molecule has 2 unspecified atom stereocenters. The molecule has 0 aliphatic carbocycles. The van der Waals surface area contributed by atoms with Gasteiger partial charge in [0.25, 0.3) is 0 Å². The predicted molar refractivity (Wildman–Crippen MR) is 136 cm³/mol. The van der Waals surface area contributed by atoms with Gasteiger partial charge >= 0.3 is 5.97 Å². The number of para-hydroxylation sites is 1. The van der Waals surface area contributed by atoms with Gasteiger partial charge in [0.05, 0.1) is 16.4 Å². The molecule has 3 heterocycles. The molecule has 0 spiro atoms. The fourth-order valence-electron chi connectivity index (χ4n) is 4.42. The van der Waals surface area contributed by atoms with Crippen molar-refractivity contribution in [2.75, 3.05) is 32.8 Å². The Labute approximate surface area is 208 Å². The Morgan fingerprint density at radius 3 is 2.41 bits per heavy atom. The van der Waals surface area contributed by atoms with Crippen LogP contribution >= 0.6 is 22.7 Å². The third-order valence-electron chi connectivity index (χ3n) is 6.26. The molecule has 0 bridgehead atoms. The zero-order valence-corrected chi connectivity index (χ0v) is 20.8. The van der Waals surface area contributed by atoms with Crippen molar-refractivity contribution in [3.05, 3.63) is 75.1 Å². The average Bonchev–Trinajstić information content (AvgIpc) is 3.59. The van der Waals surface area contributed by atoms with E-state index in [0.29, 0.717) is 29.5 Å². The summed E-state index contributed by atoms with van der Waals surface area (Å²) in [6.07, 6.45) is 2.27. The number of ether oxygens (including phenoxy) is 2. The standard InChI is InChI=1S/C26H32N2O4S2/c27-13-11-20-12-15-28(14-6-16-31-21-7-2-1-3-8-21)19-22(20)32-25(29)26(30,23-9-4-17-33-23)24-10-5-18-34-24/h1-5,7-10,17-18,20,22,30H,6,11-16,19,27H2. The van der Waals surface area contributed by atoms with Crippen molar-refractivity contribution < 1.29 is 19.4 Å². The van der Waals surface area contributed by atoms with E-state index < -0.39 is 11.6 Å². The van der Waals surface area contributed by atoms with Crippen LogP contribution in [0.2, 0.25) is 0 Å². The molecule has 4 rings (SSSR count). The number of piperidine rings is 1. The van der Waals surface area contributed by atoms with Crippen molar-refractivity contribution in [2.24, 2.45) is 11.7 Å². The highest BCUT2D eigenvalue weighted by molar-refractivity contribution is 7.12. The van der Waals surface area contributed by atoms with Crippen LogP contribution < -0.4 is 10.5 Å². The summed E-state index contributed by atoms with van der Waals surface area (Å²) in [6.45, 7) is 3.60. The van der Waals surface area contributed by atoms with E-state index >= 15 is 0 Å². The summed E-state index contributed by atoms with van der Waals surface area (Å²) in [5, 5.41) is 15.3. The molecule has 2 atom stereocenters. The number of hydrogen-bond acceptors (Lipinski definition) is 8. The number of thiophene rings is 2. The van der Waals surface area contributed by atoms with E-state index in [0.717, 1.165) is 38.1 Å². The molecule has 1 saturated heterocycles. The third-order valence-corrected chi connectivity index (χ3v) is 8.21. The lowest BCUT2D eigenvalue weighted by Crippen LogP contribution is -2.49. The van der Waals surface area contributed by atoms with Gasteiger partial charge in [0.15, 0.2) is 0 Å². The minimum absolute atomic E-state index is 0.182. The first-order chi connectivity index (χ1) is 16.6. The first-order valence-corrected chi connectivity index (χ1v) is 13.5. The topological polar surface area (TPSA) is 85.0 Å². The summed E-state index contributed by atoms with van der Waals surface area (Å²) in [4.78, 5) is 16.9. The van der Waals surface area contributed by atoms with Gasteiger partial charge in [-0.2, -0.15) is 0 Å². The minimum atomic E-state index is -1.79. The number of nitrogens with two attached hydrogens (primary N) is 1. The summed E-state index contributed by atoms with van der Waals surface area (Å²) in [5.41, 5.74) is 4.07. The van der Waals surface area contributed by atoms with Gasteiger partial charge in [-0.15, -0.1) is 22.7 Å². The van der Waals surface area contributed by atoms with Crippen molar-refractivity contribution >= 4 is 28.6 Å². The molecule has 182 valence electrons. The molecule has 0 saturated carbocycles. The van der Waals surface area contributed by atoms with Crippen LogP contribution in [0.3, 0.4) is 0 Å². The quantitative estimate of drug-likeness (QED) is 0.305. The van der Waals surface area contributed by atoms with Crippen LogP contribution in [0.15, 0.2) is 65.4 Å². The highest BCUT2D eigenvalue weighted by Gasteiger charge is 2.46. The summed E-state index contributed by atoms with van der Waals surface area (Å²) in [6, 6.07) is 17.0. The fraction of sp³-hybridized carbons (Fsp3) is 0.423. The molecular weight excluding hydrogens is 468 g/mol. The van der Waals surface area contributed by atoms with Crippen LogP contribution in [0.25, 0.3) is 0 Å². The van der Waals surface area contributed by atoms with E-state index in [9.17, 15) is 9.90 Å². The largest absolute Gasteiger partial charge is 0.494 e. The van der Waals surface area contributed by atoms with Crippen LogP contribution in [0.5, 0.6) is 5.75 Å². The van der Waals surface area contributed by atoms with E-state index in [1.807, 2.05) is 53.2 Å². The molecule has 0 amide bonds. The van der Waals surface area contributed by atoms with Gasteiger partial charge in [0.2, 0.25) is 5.60 Å². The van der Waals surface area contributed by atoms with Crippen LogP contribution in [-0.4, -0.2) is 54.9 Å². The Hall–Kier alpha value is -2.23. The Balaban J connectivity index is 1.39. The predicted octanol–water partition coefficient (Wildman–Crippen LogP) is 4.10. The van der Waals surface area contributed by atoms with Crippen molar-refractivity contribution in [1.29, 1.82) is 0 Å². The lowest BCUT2D eigenvalue weighted by atomic mass is 9.90. The number of esters is 1. The molecule has 1 aromatic carbocycles. The Morgan fingerprint density at radius 2 is 1.79 bits per heavy atom. The number of hydrogen-bond donors (Lipinski definition) is 2. The average molecular weight is 501 g/mol. The van der Waals surface area contributed by atoms with Gasteiger partial charge < -0.3 is 20.3 Å². The lowest BCUT2D eigenvalue weighted by Gasteiger charge is -2.39. The zero-order chi connectivity index (χ0) is 23.8. The third kappa shape index (κ3) is 5.87. The van der Waals surface area contributed by atoms with Crippen molar-refractivity contribution in [3.63, 3.8) is 0 Å². The number of aliphatic hydroxyl groups is 1. The number of benzene rings is 1. The van der Waals surface area contributed by atoms with Crippen LogP contribution in [0, 0.1) is 5.92 Å². The van der Waals surface area contributed by atoms with Gasteiger partial charge in [-0.05, 0) is 73.3 Å². The smallest absolute Gasteiger partial charge is 0.349 e. The van der Waals surface area contributed by atoms with Crippen molar-refractivity contribution in [1.82, 2.24) is 4.90 Å². The Morgan fingerprint density at radius 1 is 1.09 bits per heavy atom. The van der Waals surface area contributed by atoms with E-state index in [1.165, 1.54) is 22.7 Å². The molecule has 3 aromatic rings. The summed E-state index contributed by atoms with van der Waals surface area (Å²) in [5.74, 6) is 0.442. The van der Waals surface area contributed by atoms with Crippen LogP contribution in [0.1, 0.15) is 29.0 Å². The van der Waals surface area contributed by atoms with Gasteiger partial charge in [-0.3, -0.25) is 4.90 Å². The molecule has 6 nitrogen and oxygen atoms in total. The monoisotopic (exact) mass is 500 g/mol. The molecule has 8 heteroatoms. The number of rotatable bonds is 11. The molecule has 3 N–H and O–H groups in total. The molecule has 0 radical (unpaired) electrons. The number of likely N-dealkylation sites (tertiary alicyclic amines) is 1. The summed E-state index contributed by atoms with van der Waals surface area (Å²) in [7, 11) is 0. The normalized spacial score (nSPS) is 19.1. The van der Waals surface area contributed by atoms with Crippen LogP contribution in [0.4, 0.5) is 0 Å². The maximum Gasteiger partial charge on any atom is 0.349 e. The Kier molecular flexibility index (Phi) is 8.74. The fourth-order valence-corrected chi connectivity index (χ4v) is 6.13. The second kappa shape index (κ2) is 12.0. The van der Waals surface area contributed by atoms with Gasteiger partial charge in [-0.1, -0.05) is 30.3 Å². The first-order valence-electron chi connectivity index (χ1n) is 11.7. The van der Waals surface area contributed by atoms with Gasteiger partial charge in [0, 0.05) is 13.1 Å². The maximum absolute atomic E-state index is 13.5. The molecule has 34 heavy (non-hydrogen) atoms. The van der Waals surface area contributed by atoms with Crippen molar-refractivity contribution in [2.45, 2.75) is 31.0 Å². The highest BCUT2D eigenvalue weighted by atomic mass is 32.1. The summed E-state index contributed by atoms with van der Waals surface area (Å²) < 4.78 is 11.9. The highest BCUT2D eigenvalue weighted by Crippen LogP contribution is 2.38. The van der Waals surface area contributed by atoms with E-state index in [-0.39, 0.29) is 12.0 Å². The second-order valence-corrected chi connectivity index (χ2v) is 10.4. The van der Waals surface area contributed by atoms with E-state index in [2.05, 4.69) is 4.90 Å². The number of carbonyl (C=O) groups is 1. The van der Waals surface area contributed by atoms with Gasteiger partial charge in [-0.25, -0.2) is 4.79 Å². The SMILES string of the molecule is NCCC1CCN(CCCOc2ccccc2)CC1OC(=O)C(O)(c1cccs1)c1cccs1. The van der Waals surface area contributed by atoms with E-state index in [1.54, 1.807) is 12.1 Å². The molecule has 2 aromatic heterocycles. The van der Waals surface area contributed by atoms with E-state index in [4.69, 9.17) is 15.2 Å². The summed E-state index contributed by atoms with van der Waals surface area (Å²) >= 11 is 2.71. The number of nitrogens with zero attached hydrogens (tertiary/aromatic N) is 1. The maximum atomic E-state index is 13.5. The van der Waals surface area contributed by atoms with Crippen LogP contribution in [-0.2, 0) is 15.1 Å². The van der Waals surface area contributed by atoms with Crippen molar-refractivity contribution in [3.8, 4) is 5.75 Å². The Bertz CT molecular complexity index is 961. The second-order valence-electron chi connectivity index (χ2n) is 8.55. The first kappa shape index (κ1) is 24.9. The molecular formula is C26H32N2O4S2. The van der Waals surface area contributed by atoms with Gasteiger partial charge in [0.1, 0.15) is 11.9 Å². The zero-order valence-electron chi connectivity index (χ0n) is 19.2. The molecule has 1 fully saturated rings. The lowest BCUT2D eigenvalue weighted by molar-refractivity contribution is -0.173. The number of carbonyl (C=O) groups excluding carboxylic acids is 1. The molecule has 1 aliphatic rings. The molecule has 1 aliphatic heterocycles.